The Labute approximate surface area is 104 Å². The fraction of sp³-hybridized carbons (Fsp3) is 0.154. The monoisotopic (exact) mass is 249 g/mol. The minimum Gasteiger partial charge on any atom is -0.271 e. The highest BCUT2D eigenvalue weighted by Gasteiger charge is 2.14. The predicted molar refractivity (Wildman–Crippen MR) is 64.5 cm³/mol. The molecule has 3 N–H and O–H groups in total. The van der Waals surface area contributed by atoms with Crippen LogP contribution in [0.5, 0.6) is 0 Å². The molecule has 0 spiro atoms. The molecule has 0 saturated heterocycles. The zero-order valence-electron chi connectivity index (χ0n) is 9.82. The molecule has 5 heteroatoms. The molecule has 94 valence electrons. The number of hydrogen-bond donors (Lipinski definition) is 2. The summed E-state index contributed by atoms with van der Waals surface area (Å²) in [5.41, 5.74) is 4.82. The van der Waals surface area contributed by atoms with Gasteiger partial charge in [0.1, 0.15) is 0 Å². The van der Waals surface area contributed by atoms with E-state index in [0.717, 1.165) is 23.4 Å². The Hall–Kier alpha value is -1.85. The summed E-state index contributed by atoms with van der Waals surface area (Å²) in [5, 5.41) is 0. The highest BCUT2D eigenvalue weighted by Crippen LogP contribution is 2.22. The minimum absolute atomic E-state index is 0.401. The quantitative estimate of drug-likeness (QED) is 0.647. The van der Waals surface area contributed by atoms with E-state index in [1.165, 1.54) is 6.07 Å². The molecule has 0 radical (unpaired) electrons. The first-order valence-corrected chi connectivity index (χ1v) is 5.45. The highest BCUT2D eigenvalue weighted by molar-refractivity contribution is 5.32. The van der Waals surface area contributed by atoms with E-state index in [4.69, 9.17) is 5.84 Å². The van der Waals surface area contributed by atoms with Crippen LogP contribution in [-0.4, -0.2) is 4.98 Å². The van der Waals surface area contributed by atoms with Crippen LogP contribution in [-0.2, 0) is 0 Å². The van der Waals surface area contributed by atoms with Gasteiger partial charge >= 0.3 is 0 Å². The lowest BCUT2D eigenvalue weighted by molar-refractivity contribution is 0.504. The Morgan fingerprint density at radius 2 is 1.83 bits per heavy atom. The van der Waals surface area contributed by atoms with Crippen LogP contribution in [0.2, 0.25) is 0 Å². The fourth-order valence-corrected chi connectivity index (χ4v) is 1.82. The Morgan fingerprint density at radius 3 is 2.44 bits per heavy atom. The van der Waals surface area contributed by atoms with Crippen molar-refractivity contribution in [3.8, 4) is 0 Å². The maximum atomic E-state index is 13.2. The number of halogens is 2. The predicted octanol–water partition coefficient (Wildman–Crippen LogP) is 2.22. The van der Waals surface area contributed by atoms with Gasteiger partial charge in [0.25, 0.3) is 0 Å². The molecule has 2 aromatic rings. The highest BCUT2D eigenvalue weighted by atomic mass is 19.2. The summed E-state index contributed by atoms with van der Waals surface area (Å²) in [6.45, 7) is 1.85. The topological polar surface area (TPSA) is 50.9 Å². The van der Waals surface area contributed by atoms with Crippen molar-refractivity contribution < 1.29 is 8.78 Å². The van der Waals surface area contributed by atoms with Crippen LogP contribution in [0.25, 0.3) is 0 Å². The van der Waals surface area contributed by atoms with Crippen molar-refractivity contribution in [1.82, 2.24) is 10.4 Å². The van der Waals surface area contributed by atoms with Gasteiger partial charge in [0.05, 0.1) is 6.04 Å². The zero-order valence-corrected chi connectivity index (χ0v) is 9.82. The number of nitrogens with zero attached hydrogens (tertiary/aromatic N) is 1. The molecule has 1 aromatic heterocycles. The van der Waals surface area contributed by atoms with Gasteiger partial charge in [0, 0.05) is 11.9 Å². The normalized spacial score (nSPS) is 12.4. The standard InChI is InChI=1S/C13H13F2N3/c1-8-6-10(4-5-17-8)13(18-16)9-2-3-11(14)12(15)7-9/h2-7,13,18H,16H2,1H3. The van der Waals surface area contributed by atoms with E-state index in [-0.39, 0.29) is 0 Å². The lowest BCUT2D eigenvalue weighted by atomic mass is 9.99. The van der Waals surface area contributed by atoms with Crippen LogP contribution in [0.1, 0.15) is 22.9 Å². The molecule has 0 aliphatic rings. The number of benzene rings is 1. The summed E-state index contributed by atoms with van der Waals surface area (Å²) in [6, 6.07) is 6.93. The molecule has 1 aromatic carbocycles. The Morgan fingerprint density at radius 1 is 1.11 bits per heavy atom. The van der Waals surface area contributed by atoms with Crippen molar-refractivity contribution in [2.45, 2.75) is 13.0 Å². The molecule has 0 aliphatic carbocycles. The van der Waals surface area contributed by atoms with Crippen molar-refractivity contribution in [2.75, 3.05) is 0 Å². The first-order valence-electron chi connectivity index (χ1n) is 5.45. The molecule has 3 nitrogen and oxygen atoms in total. The Balaban J connectivity index is 2.42. The van der Waals surface area contributed by atoms with Crippen molar-refractivity contribution in [1.29, 1.82) is 0 Å². The Kier molecular flexibility index (Phi) is 3.64. The number of hydrogen-bond acceptors (Lipinski definition) is 3. The second-order valence-corrected chi connectivity index (χ2v) is 4.00. The molecular weight excluding hydrogens is 236 g/mol. The van der Waals surface area contributed by atoms with E-state index in [1.54, 1.807) is 12.3 Å². The number of nitrogens with one attached hydrogen (secondary N) is 1. The third-order valence-corrected chi connectivity index (χ3v) is 2.70. The largest absolute Gasteiger partial charge is 0.271 e. The lowest BCUT2D eigenvalue weighted by Gasteiger charge is -2.17. The molecule has 0 amide bonds. The molecule has 0 fully saturated rings. The average Bonchev–Trinajstić information content (AvgIpc) is 2.35. The van der Waals surface area contributed by atoms with Crippen LogP contribution in [0.4, 0.5) is 8.78 Å². The van der Waals surface area contributed by atoms with Crippen LogP contribution in [0.3, 0.4) is 0 Å². The van der Waals surface area contributed by atoms with E-state index in [0.29, 0.717) is 5.56 Å². The van der Waals surface area contributed by atoms with Gasteiger partial charge in [-0.05, 0) is 42.3 Å². The summed E-state index contributed by atoms with van der Waals surface area (Å²) in [7, 11) is 0. The zero-order chi connectivity index (χ0) is 13.1. The summed E-state index contributed by atoms with van der Waals surface area (Å²) >= 11 is 0. The van der Waals surface area contributed by atoms with Crippen LogP contribution < -0.4 is 11.3 Å². The van der Waals surface area contributed by atoms with E-state index < -0.39 is 17.7 Å². The van der Waals surface area contributed by atoms with Gasteiger partial charge in [0.15, 0.2) is 11.6 Å². The molecule has 1 unspecified atom stereocenters. The smallest absolute Gasteiger partial charge is 0.159 e. The fourth-order valence-electron chi connectivity index (χ4n) is 1.82. The number of hydrazine groups is 1. The van der Waals surface area contributed by atoms with Gasteiger partial charge in [0.2, 0.25) is 0 Å². The molecular formula is C13H13F2N3. The minimum atomic E-state index is -0.890. The van der Waals surface area contributed by atoms with Crippen LogP contribution in [0, 0.1) is 18.6 Å². The second kappa shape index (κ2) is 5.20. The first-order chi connectivity index (χ1) is 8.61. The summed E-state index contributed by atoms with van der Waals surface area (Å²) in [6.07, 6.45) is 1.65. The van der Waals surface area contributed by atoms with Gasteiger partial charge < -0.3 is 0 Å². The molecule has 0 saturated carbocycles. The van der Waals surface area contributed by atoms with Gasteiger partial charge in [-0.2, -0.15) is 0 Å². The number of aryl methyl sites for hydroxylation is 1. The van der Waals surface area contributed by atoms with E-state index in [1.807, 2.05) is 13.0 Å². The van der Waals surface area contributed by atoms with Crippen LogP contribution >= 0.6 is 0 Å². The van der Waals surface area contributed by atoms with Crippen LogP contribution in [0.15, 0.2) is 36.5 Å². The van der Waals surface area contributed by atoms with Gasteiger partial charge in [-0.15, -0.1) is 0 Å². The maximum absolute atomic E-state index is 13.2. The number of pyridine rings is 1. The van der Waals surface area contributed by atoms with Crippen molar-refractivity contribution in [2.24, 2.45) is 5.84 Å². The lowest BCUT2D eigenvalue weighted by Crippen LogP contribution is -2.29. The molecule has 0 aliphatic heterocycles. The summed E-state index contributed by atoms with van der Waals surface area (Å²) in [4.78, 5) is 4.08. The molecule has 1 atom stereocenters. The third-order valence-electron chi connectivity index (χ3n) is 2.70. The number of rotatable bonds is 3. The van der Waals surface area contributed by atoms with E-state index in [2.05, 4.69) is 10.4 Å². The molecule has 0 bridgehead atoms. The maximum Gasteiger partial charge on any atom is 0.159 e. The summed E-state index contributed by atoms with van der Waals surface area (Å²) in [5.74, 6) is 3.72. The summed E-state index contributed by atoms with van der Waals surface area (Å²) < 4.78 is 26.1. The van der Waals surface area contributed by atoms with E-state index >= 15 is 0 Å². The number of aromatic nitrogens is 1. The average molecular weight is 249 g/mol. The van der Waals surface area contributed by atoms with Gasteiger partial charge in [-0.3, -0.25) is 10.8 Å². The van der Waals surface area contributed by atoms with E-state index in [9.17, 15) is 8.78 Å². The van der Waals surface area contributed by atoms with Gasteiger partial charge in [-0.25, -0.2) is 14.2 Å². The third kappa shape index (κ3) is 2.52. The van der Waals surface area contributed by atoms with Gasteiger partial charge in [-0.1, -0.05) is 6.07 Å². The van der Waals surface area contributed by atoms with Crippen molar-refractivity contribution >= 4 is 0 Å². The molecule has 18 heavy (non-hydrogen) atoms. The molecule has 1 heterocycles. The van der Waals surface area contributed by atoms with Crippen molar-refractivity contribution in [3.05, 3.63) is 65.0 Å². The number of nitrogens with two attached hydrogens (primary N) is 1. The Bertz CT molecular complexity index is 558. The second-order valence-electron chi connectivity index (χ2n) is 4.00. The molecule has 2 rings (SSSR count). The first kappa shape index (κ1) is 12.6. The SMILES string of the molecule is Cc1cc(C(NN)c2ccc(F)c(F)c2)ccn1. The van der Waals surface area contributed by atoms with Crippen molar-refractivity contribution in [3.63, 3.8) is 0 Å².